The highest BCUT2D eigenvalue weighted by Crippen LogP contribution is 2.41. The minimum Gasteiger partial charge on any atom is -0.465 e. The van der Waals surface area contributed by atoms with Gasteiger partial charge in [0.25, 0.3) is 5.56 Å². The summed E-state index contributed by atoms with van der Waals surface area (Å²) >= 11 is 6.22. The fourth-order valence-electron chi connectivity index (χ4n) is 2.96. The summed E-state index contributed by atoms with van der Waals surface area (Å²) in [5.41, 5.74) is 0.0300. The average molecular weight is 360 g/mol. The van der Waals surface area contributed by atoms with E-state index in [-0.39, 0.29) is 11.5 Å². The first-order chi connectivity index (χ1) is 12.1. The SMILES string of the molecule is O=C(O)NC(c1nc2c(Cl)cccc2c(=O)n1-c1ccn[nH]1)C1CC1. The molecule has 1 saturated carbocycles. The van der Waals surface area contributed by atoms with Crippen LogP contribution < -0.4 is 10.9 Å². The number of carboxylic acid groups (broad SMARTS) is 1. The van der Waals surface area contributed by atoms with Gasteiger partial charge in [-0.05, 0) is 30.9 Å². The molecular formula is C16H14ClN5O3. The molecule has 3 aromatic rings. The number of hydrogen-bond donors (Lipinski definition) is 3. The Morgan fingerprint density at radius 2 is 2.20 bits per heavy atom. The number of carbonyl (C=O) groups is 1. The quantitative estimate of drug-likeness (QED) is 0.662. The Morgan fingerprint density at radius 3 is 2.84 bits per heavy atom. The van der Waals surface area contributed by atoms with Crippen LogP contribution in [0.3, 0.4) is 0 Å². The molecular weight excluding hydrogens is 346 g/mol. The minimum absolute atomic E-state index is 0.0945. The number of nitrogens with one attached hydrogen (secondary N) is 2. The number of para-hydroxylation sites is 1. The van der Waals surface area contributed by atoms with Crippen molar-refractivity contribution in [2.24, 2.45) is 5.92 Å². The van der Waals surface area contributed by atoms with Crippen LogP contribution in [-0.4, -0.2) is 30.9 Å². The highest BCUT2D eigenvalue weighted by molar-refractivity contribution is 6.34. The second kappa shape index (κ2) is 5.89. The Bertz CT molecular complexity index is 1010. The standard InChI is InChI=1S/C16H14ClN5O3/c17-10-3-1-2-9-13(10)19-14(12(8-4-5-8)20-16(24)25)22(15(9)23)11-6-7-18-21-11/h1-3,6-8,12,20H,4-5H2,(H,18,21)(H,24,25). The monoisotopic (exact) mass is 359 g/mol. The van der Waals surface area contributed by atoms with Gasteiger partial charge in [0.15, 0.2) is 0 Å². The largest absolute Gasteiger partial charge is 0.465 e. The molecule has 9 heteroatoms. The zero-order valence-corrected chi connectivity index (χ0v) is 13.7. The Hall–Kier alpha value is -2.87. The number of rotatable bonds is 4. The zero-order valence-electron chi connectivity index (χ0n) is 12.9. The normalized spacial score (nSPS) is 15.2. The van der Waals surface area contributed by atoms with Crippen molar-refractivity contribution in [3.63, 3.8) is 0 Å². The third-order valence-corrected chi connectivity index (χ3v) is 4.56. The molecule has 2 aromatic heterocycles. The number of hydrogen-bond acceptors (Lipinski definition) is 4. The van der Waals surface area contributed by atoms with E-state index in [0.29, 0.717) is 27.6 Å². The van der Waals surface area contributed by atoms with Gasteiger partial charge in [-0.2, -0.15) is 5.10 Å². The van der Waals surface area contributed by atoms with Crippen molar-refractivity contribution in [1.82, 2.24) is 25.1 Å². The molecule has 1 aliphatic carbocycles. The van der Waals surface area contributed by atoms with Crippen molar-refractivity contribution in [2.45, 2.75) is 18.9 Å². The van der Waals surface area contributed by atoms with Crippen molar-refractivity contribution < 1.29 is 9.90 Å². The summed E-state index contributed by atoms with van der Waals surface area (Å²) in [6, 6.07) is 6.00. The third kappa shape index (κ3) is 2.74. The molecule has 128 valence electrons. The predicted molar refractivity (Wildman–Crippen MR) is 91.1 cm³/mol. The molecule has 25 heavy (non-hydrogen) atoms. The molecule has 1 unspecified atom stereocenters. The Labute approximate surface area is 146 Å². The molecule has 1 fully saturated rings. The van der Waals surface area contributed by atoms with Crippen LogP contribution >= 0.6 is 11.6 Å². The van der Waals surface area contributed by atoms with Crippen molar-refractivity contribution in [3.05, 3.63) is 51.7 Å². The summed E-state index contributed by atoms with van der Waals surface area (Å²) in [7, 11) is 0. The van der Waals surface area contributed by atoms with Gasteiger partial charge in [0, 0.05) is 6.07 Å². The minimum atomic E-state index is -1.17. The molecule has 0 bridgehead atoms. The maximum atomic E-state index is 13.1. The lowest BCUT2D eigenvalue weighted by atomic mass is 10.1. The van der Waals surface area contributed by atoms with Crippen LogP contribution in [0, 0.1) is 5.92 Å². The summed E-state index contributed by atoms with van der Waals surface area (Å²) in [6.07, 6.45) is 2.08. The summed E-state index contributed by atoms with van der Waals surface area (Å²) in [6.45, 7) is 0. The van der Waals surface area contributed by atoms with Gasteiger partial charge < -0.3 is 10.4 Å². The van der Waals surface area contributed by atoms with Gasteiger partial charge in [-0.1, -0.05) is 17.7 Å². The molecule has 1 atom stereocenters. The molecule has 1 aromatic carbocycles. The third-order valence-electron chi connectivity index (χ3n) is 4.25. The maximum absolute atomic E-state index is 13.1. The number of fused-ring (bicyclic) bond motifs is 1. The number of benzene rings is 1. The van der Waals surface area contributed by atoms with Crippen LogP contribution in [0.25, 0.3) is 16.7 Å². The van der Waals surface area contributed by atoms with E-state index in [0.717, 1.165) is 12.8 Å². The van der Waals surface area contributed by atoms with E-state index in [4.69, 9.17) is 11.6 Å². The second-order valence-corrected chi connectivity index (χ2v) is 6.36. The van der Waals surface area contributed by atoms with Gasteiger partial charge in [0.2, 0.25) is 0 Å². The van der Waals surface area contributed by atoms with Crippen molar-refractivity contribution >= 4 is 28.6 Å². The lowest BCUT2D eigenvalue weighted by Gasteiger charge is -2.20. The van der Waals surface area contributed by atoms with Crippen LogP contribution in [-0.2, 0) is 0 Å². The molecule has 2 heterocycles. The Kier molecular flexibility index (Phi) is 3.69. The molecule has 8 nitrogen and oxygen atoms in total. The van der Waals surface area contributed by atoms with Gasteiger partial charge in [0.1, 0.15) is 11.6 Å². The maximum Gasteiger partial charge on any atom is 0.405 e. The van der Waals surface area contributed by atoms with Gasteiger partial charge in [0.05, 0.1) is 28.2 Å². The van der Waals surface area contributed by atoms with E-state index >= 15 is 0 Å². The van der Waals surface area contributed by atoms with Crippen molar-refractivity contribution in [2.75, 3.05) is 0 Å². The fourth-order valence-corrected chi connectivity index (χ4v) is 3.18. The van der Waals surface area contributed by atoms with E-state index in [1.165, 1.54) is 10.8 Å². The number of halogens is 1. The molecule has 1 amide bonds. The first kappa shape index (κ1) is 15.6. The van der Waals surface area contributed by atoms with Crippen LogP contribution in [0.15, 0.2) is 35.3 Å². The van der Waals surface area contributed by atoms with Crippen LogP contribution in [0.4, 0.5) is 4.79 Å². The van der Waals surface area contributed by atoms with E-state index in [1.54, 1.807) is 24.3 Å². The average Bonchev–Trinajstić information content (AvgIpc) is 3.28. The summed E-state index contributed by atoms with van der Waals surface area (Å²) in [5, 5.41) is 19.0. The zero-order chi connectivity index (χ0) is 17.6. The number of aromatic nitrogens is 4. The predicted octanol–water partition coefficient (Wildman–Crippen LogP) is 2.48. The van der Waals surface area contributed by atoms with Crippen LogP contribution in [0.2, 0.25) is 5.02 Å². The smallest absolute Gasteiger partial charge is 0.405 e. The number of aromatic amines is 1. The van der Waals surface area contributed by atoms with Gasteiger partial charge in [-0.25, -0.2) is 14.3 Å². The van der Waals surface area contributed by atoms with E-state index in [2.05, 4.69) is 20.5 Å². The van der Waals surface area contributed by atoms with Crippen LogP contribution in [0.1, 0.15) is 24.7 Å². The molecule has 0 spiro atoms. The second-order valence-electron chi connectivity index (χ2n) is 5.95. The van der Waals surface area contributed by atoms with E-state index in [1.807, 2.05) is 0 Å². The Balaban J connectivity index is 2.03. The lowest BCUT2D eigenvalue weighted by molar-refractivity contribution is 0.187. The molecule has 0 radical (unpaired) electrons. The molecule has 3 N–H and O–H groups in total. The summed E-state index contributed by atoms with van der Waals surface area (Å²) in [4.78, 5) is 28.9. The van der Waals surface area contributed by atoms with Gasteiger partial charge in [-0.15, -0.1) is 0 Å². The van der Waals surface area contributed by atoms with Crippen molar-refractivity contribution in [1.29, 1.82) is 0 Å². The van der Waals surface area contributed by atoms with E-state index < -0.39 is 12.1 Å². The van der Waals surface area contributed by atoms with E-state index in [9.17, 15) is 14.7 Å². The first-order valence-corrected chi connectivity index (χ1v) is 8.14. The highest BCUT2D eigenvalue weighted by atomic mass is 35.5. The Morgan fingerprint density at radius 1 is 1.40 bits per heavy atom. The molecule has 4 rings (SSSR count). The molecule has 0 saturated heterocycles. The molecule has 1 aliphatic rings. The lowest BCUT2D eigenvalue weighted by Crippen LogP contribution is -2.35. The fraction of sp³-hybridized carbons (Fsp3) is 0.250. The number of amides is 1. The topological polar surface area (TPSA) is 113 Å². The summed E-state index contributed by atoms with van der Waals surface area (Å²) < 4.78 is 1.37. The number of H-pyrrole nitrogens is 1. The first-order valence-electron chi connectivity index (χ1n) is 7.76. The van der Waals surface area contributed by atoms with Crippen LogP contribution in [0.5, 0.6) is 0 Å². The van der Waals surface area contributed by atoms with Crippen molar-refractivity contribution in [3.8, 4) is 5.82 Å². The molecule has 0 aliphatic heterocycles. The number of nitrogens with zero attached hydrogens (tertiary/aromatic N) is 3. The van der Waals surface area contributed by atoms with Gasteiger partial charge >= 0.3 is 6.09 Å². The summed E-state index contributed by atoms with van der Waals surface area (Å²) in [5.74, 6) is 0.823. The highest BCUT2D eigenvalue weighted by Gasteiger charge is 2.37. The van der Waals surface area contributed by atoms with Gasteiger partial charge in [-0.3, -0.25) is 9.89 Å².